The van der Waals surface area contributed by atoms with Crippen LogP contribution in [0.1, 0.15) is 24.8 Å². The Balaban J connectivity index is 1.92. The van der Waals surface area contributed by atoms with E-state index < -0.39 is 0 Å². The van der Waals surface area contributed by atoms with Crippen molar-refractivity contribution in [1.82, 2.24) is 4.90 Å². The minimum absolute atomic E-state index is 0.0456. The first-order valence-corrected chi connectivity index (χ1v) is 8.70. The Hall–Kier alpha value is -2.53. The van der Waals surface area contributed by atoms with E-state index in [1.54, 1.807) is 25.2 Å². The zero-order valence-electron chi connectivity index (χ0n) is 15.2. The van der Waals surface area contributed by atoms with Gasteiger partial charge in [0.05, 0.1) is 19.3 Å². The van der Waals surface area contributed by atoms with Crippen molar-refractivity contribution in [2.75, 3.05) is 26.0 Å². The largest absolute Gasteiger partial charge is 0.495 e. The average molecular weight is 375 g/mol. The molecule has 1 N–H and O–H groups in total. The van der Waals surface area contributed by atoms with Crippen LogP contribution in [0.15, 0.2) is 48.5 Å². The Labute approximate surface area is 158 Å². The lowest BCUT2D eigenvalue weighted by Gasteiger charge is -2.20. The SMILES string of the molecule is COc1ccc(Cl)cc1NC(=O)CN(C)C(=O)CC(C)c1ccccc1. The van der Waals surface area contributed by atoms with Gasteiger partial charge in [-0.1, -0.05) is 48.9 Å². The number of halogens is 1. The highest BCUT2D eigenvalue weighted by molar-refractivity contribution is 6.31. The van der Waals surface area contributed by atoms with Crippen molar-refractivity contribution >= 4 is 29.1 Å². The Morgan fingerprint density at radius 2 is 1.88 bits per heavy atom. The summed E-state index contributed by atoms with van der Waals surface area (Å²) in [4.78, 5) is 26.1. The molecular weight excluding hydrogens is 352 g/mol. The highest BCUT2D eigenvalue weighted by atomic mass is 35.5. The second-order valence-corrected chi connectivity index (χ2v) is 6.59. The summed E-state index contributed by atoms with van der Waals surface area (Å²) in [7, 11) is 3.13. The molecule has 0 aromatic heterocycles. The van der Waals surface area contributed by atoms with Gasteiger partial charge < -0.3 is 15.0 Å². The number of benzene rings is 2. The van der Waals surface area contributed by atoms with Gasteiger partial charge in [-0.2, -0.15) is 0 Å². The number of hydrogen-bond acceptors (Lipinski definition) is 3. The minimum atomic E-state index is -0.311. The molecule has 0 saturated heterocycles. The predicted molar refractivity (Wildman–Crippen MR) is 104 cm³/mol. The molecule has 0 bridgehead atoms. The van der Waals surface area contributed by atoms with E-state index in [0.29, 0.717) is 22.9 Å². The fourth-order valence-corrected chi connectivity index (χ4v) is 2.76. The maximum Gasteiger partial charge on any atom is 0.244 e. The van der Waals surface area contributed by atoms with Crippen molar-refractivity contribution in [2.45, 2.75) is 19.3 Å². The van der Waals surface area contributed by atoms with Gasteiger partial charge >= 0.3 is 0 Å². The van der Waals surface area contributed by atoms with Crippen molar-refractivity contribution in [3.8, 4) is 5.75 Å². The number of hydrogen-bond donors (Lipinski definition) is 1. The van der Waals surface area contributed by atoms with Gasteiger partial charge in [-0.3, -0.25) is 9.59 Å². The fourth-order valence-electron chi connectivity index (χ4n) is 2.59. The van der Waals surface area contributed by atoms with E-state index in [4.69, 9.17) is 16.3 Å². The maximum absolute atomic E-state index is 12.4. The third kappa shape index (κ3) is 5.49. The number of likely N-dealkylation sites (N-methyl/N-ethyl adjacent to an activating group) is 1. The minimum Gasteiger partial charge on any atom is -0.495 e. The average Bonchev–Trinajstić information content (AvgIpc) is 2.62. The van der Waals surface area contributed by atoms with Gasteiger partial charge in [0.25, 0.3) is 0 Å². The lowest BCUT2D eigenvalue weighted by atomic mass is 9.97. The zero-order valence-corrected chi connectivity index (χ0v) is 15.9. The van der Waals surface area contributed by atoms with Gasteiger partial charge in [0.2, 0.25) is 11.8 Å². The van der Waals surface area contributed by atoms with Crippen molar-refractivity contribution in [3.63, 3.8) is 0 Å². The van der Waals surface area contributed by atoms with Gasteiger partial charge in [-0.25, -0.2) is 0 Å². The molecule has 1 unspecified atom stereocenters. The Bertz CT molecular complexity index is 765. The van der Waals surface area contributed by atoms with Crippen LogP contribution in [-0.2, 0) is 9.59 Å². The molecule has 0 radical (unpaired) electrons. The van der Waals surface area contributed by atoms with Gasteiger partial charge in [0, 0.05) is 18.5 Å². The van der Waals surface area contributed by atoms with Crippen LogP contribution in [0, 0.1) is 0 Å². The monoisotopic (exact) mass is 374 g/mol. The van der Waals surface area contributed by atoms with Crippen LogP contribution in [-0.4, -0.2) is 37.4 Å². The summed E-state index contributed by atoms with van der Waals surface area (Å²) >= 11 is 5.96. The highest BCUT2D eigenvalue weighted by Gasteiger charge is 2.18. The molecule has 0 aliphatic rings. The third-order valence-electron chi connectivity index (χ3n) is 4.09. The van der Waals surface area contributed by atoms with Crippen LogP contribution < -0.4 is 10.1 Å². The van der Waals surface area contributed by atoms with E-state index in [0.717, 1.165) is 5.56 Å². The Kier molecular flexibility index (Phi) is 7.04. The van der Waals surface area contributed by atoms with Gasteiger partial charge in [-0.05, 0) is 29.7 Å². The molecule has 0 spiro atoms. The molecular formula is C20H23ClN2O3. The number of carbonyl (C=O) groups excluding carboxylic acids is 2. The molecule has 0 fully saturated rings. The van der Waals surface area contributed by atoms with Crippen molar-refractivity contribution in [2.24, 2.45) is 0 Å². The van der Waals surface area contributed by atoms with Crippen molar-refractivity contribution in [3.05, 3.63) is 59.1 Å². The summed E-state index contributed by atoms with van der Waals surface area (Å²) in [5.74, 6) is 0.194. The van der Waals surface area contributed by atoms with E-state index in [9.17, 15) is 9.59 Å². The Morgan fingerprint density at radius 3 is 2.54 bits per heavy atom. The van der Waals surface area contributed by atoms with Gasteiger partial charge in [-0.15, -0.1) is 0 Å². The van der Waals surface area contributed by atoms with Crippen molar-refractivity contribution in [1.29, 1.82) is 0 Å². The van der Waals surface area contributed by atoms with Crippen LogP contribution in [0.4, 0.5) is 5.69 Å². The number of ether oxygens (including phenoxy) is 1. The topological polar surface area (TPSA) is 58.6 Å². The van der Waals surface area contributed by atoms with E-state index >= 15 is 0 Å². The Morgan fingerprint density at radius 1 is 1.19 bits per heavy atom. The standard InChI is InChI=1S/C20H23ClN2O3/c1-14(15-7-5-4-6-8-15)11-20(25)23(2)13-19(24)22-17-12-16(21)9-10-18(17)26-3/h4-10,12,14H,11,13H2,1-3H3,(H,22,24). The third-order valence-corrected chi connectivity index (χ3v) is 4.33. The first kappa shape index (κ1) is 19.8. The molecule has 0 aliphatic carbocycles. The van der Waals surface area contributed by atoms with E-state index in [-0.39, 0.29) is 24.3 Å². The van der Waals surface area contributed by atoms with E-state index in [2.05, 4.69) is 5.32 Å². The van der Waals surface area contributed by atoms with Crippen molar-refractivity contribution < 1.29 is 14.3 Å². The number of carbonyl (C=O) groups is 2. The van der Waals surface area contributed by atoms with Crippen LogP contribution in [0.5, 0.6) is 5.75 Å². The molecule has 138 valence electrons. The molecule has 26 heavy (non-hydrogen) atoms. The highest BCUT2D eigenvalue weighted by Crippen LogP contribution is 2.27. The molecule has 2 aromatic rings. The number of rotatable bonds is 7. The molecule has 0 heterocycles. The molecule has 2 amide bonds. The summed E-state index contributed by atoms with van der Waals surface area (Å²) in [6.45, 7) is 1.95. The number of anilines is 1. The summed E-state index contributed by atoms with van der Waals surface area (Å²) < 4.78 is 5.20. The molecule has 0 saturated carbocycles. The quantitative estimate of drug-likeness (QED) is 0.798. The first-order valence-electron chi connectivity index (χ1n) is 8.33. The molecule has 2 aromatic carbocycles. The van der Waals surface area contributed by atoms with E-state index in [1.807, 2.05) is 37.3 Å². The predicted octanol–water partition coefficient (Wildman–Crippen LogP) is 3.94. The van der Waals surface area contributed by atoms with E-state index in [1.165, 1.54) is 12.0 Å². The van der Waals surface area contributed by atoms with Gasteiger partial charge in [0.1, 0.15) is 5.75 Å². The smallest absolute Gasteiger partial charge is 0.244 e. The summed E-state index contributed by atoms with van der Waals surface area (Å²) in [5.41, 5.74) is 1.57. The number of nitrogens with zero attached hydrogens (tertiary/aromatic N) is 1. The second-order valence-electron chi connectivity index (χ2n) is 6.16. The molecule has 1 atom stereocenters. The second kappa shape index (κ2) is 9.25. The summed E-state index contributed by atoms with van der Waals surface area (Å²) in [5, 5.41) is 3.22. The molecule has 6 heteroatoms. The van der Waals surface area contributed by atoms with Crippen LogP contribution in [0.25, 0.3) is 0 Å². The number of nitrogens with one attached hydrogen (secondary N) is 1. The normalized spacial score (nSPS) is 11.5. The molecule has 0 aliphatic heterocycles. The molecule has 5 nitrogen and oxygen atoms in total. The van der Waals surface area contributed by atoms with Crippen LogP contribution in [0.2, 0.25) is 5.02 Å². The number of methoxy groups -OCH3 is 1. The fraction of sp³-hybridized carbons (Fsp3) is 0.300. The lowest BCUT2D eigenvalue weighted by molar-refractivity contribution is -0.133. The summed E-state index contributed by atoms with van der Waals surface area (Å²) in [6.07, 6.45) is 0.342. The first-order chi connectivity index (χ1) is 12.4. The van der Waals surface area contributed by atoms with Gasteiger partial charge in [0.15, 0.2) is 0 Å². The van der Waals surface area contributed by atoms with Crippen LogP contribution >= 0.6 is 11.6 Å². The summed E-state index contributed by atoms with van der Waals surface area (Å²) in [6, 6.07) is 14.8. The molecule has 2 rings (SSSR count). The maximum atomic E-state index is 12.4. The zero-order chi connectivity index (χ0) is 19.1. The number of amides is 2. The van der Waals surface area contributed by atoms with Crippen LogP contribution in [0.3, 0.4) is 0 Å². The lowest BCUT2D eigenvalue weighted by Crippen LogP contribution is -2.35.